The van der Waals surface area contributed by atoms with Crippen LogP contribution in [0.25, 0.3) is 11.3 Å². The van der Waals surface area contributed by atoms with Gasteiger partial charge in [0.1, 0.15) is 40.7 Å². The summed E-state index contributed by atoms with van der Waals surface area (Å²) in [5.41, 5.74) is 8.03. The molecule has 0 unspecified atom stereocenters. The van der Waals surface area contributed by atoms with Gasteiger partial charge < -0.3 is 48.9 Å². The van der Waals surface area contributed by atoms with Crippen molar-refractivity contribution in [1.29, 1.82) is 0 Å². The Morgan fingerprint density at radius 2 is 1.21 bits per heavy atom. The van der Waals surface area contributed by atoms with E-state index in [4.69, 9.17) is 24.5 Å². The van der Waals surface area contributed by atoms with E-state index in [0.717, 1.165) is 50.2 Å². The largest absolute Gasteiger partial charge is 1.00 e. The summed E-state index contributed by atoms with van der Waals surface area (Å²) < 4.78 is 13.3. The van der Waals surface area contributed by atoms with Gasteiger partial charge in [0.2, 0.25) is 5.60 Å². The lowest BCUT2D eigenvalue weighted by molar-refractivity contribution is -0.689. The summed E-state index contributed by atoms with van der Waals surface area (Å²) in [6.07, 6.45) is 3.85. The molecular weight excluding hydrogens is 1220 g/mol. The molecule has 2 N–H and O–H groups in total. The summed E-state index contributed by atoms with van der Waals surface area (Å²) >= 11 is 4.28. The van der Waals surface area contributed by atoms with Crippen LogP contribution in [0.15, 0.2) is 263 Å². The number of hydrogen-bond acceptors (Lipinski definition) is 13. The van der Waals surface area contributed by atoms with Crippen LogP contribution in [-0.2, 0) is 48.2 Å². The van der Waals surface area contributed by atoms with Crippen LogP contribution in [0.3, 0.4) is 0 Å². The van der Waals surface area contributed by atoms with Crippen molar-refractivity contribution in [2.45, 2.75) is 35.7 Å². The number of halogens is 1. The maximum atomic E-state index is 15.5. The van der Waals surface area contributed by atoms with Crippen molar-refractivity contribution in [3.63, 3.8) is 0 Å². The van der Waals surface area contributed by atoms with Crippen LogP contribution < -0.4 is 43.9 Å². The SMILES string of the molecule is COc1ccc(COC(=O)C2=C(C[n+]3ccc(-c4cscn4)cc3)CS[C@H]3[C@H](NC(=O)C(=NOC(c4ccccc4)(c4ccccc4)c4ccccc4)c4csc(NC(c5ccccc5)(c5ccccc5)c5ccccc5)n4)C(=O)N23)cc1.[I-]. The van der Waals surface area contributed by atoms with Crippen molar-refractivity contribution in [2.75, 3.05) is 18.2 Å². The van der Waals surface area contributed by atoms with Crippen LogP contribution in [-0.4, -0.2) is 62.6 Å². The topological polar surface area (TPSA) is 148 Å². The quantitative estimate of drug-likeness (QED) is 0.0144. The van der Waals surface area contributed by atoms with Crippen LogP contribution in [0, 0.1) is 0 Å². The van der Waals surface area contributed by atoms with Crippen LogP contribution in [0.4, 0.5) is 5.13 Å². The Morgan fingerprint density at radius 3 is 1.71 bits per heavy atom. The fraction of sp³-hybridized carbons (Fsp3) is 0.119. The number of hydrogen-bond donors (Lipinski definition) is 2. The number of oxime groups is 1. The molecule has 418 valence electrons. The van der Waals surface area contributed by atoms with Gasteiger partial charge in [0.05, 0.1) is 18.3 Å². The fourth-order valence-corrected chi connectivity index (χ4v) is 13.3. The molecule has 17 heteroatoms. The van der Waals surface area contributed by atoms with Crippen LogP contribution in [0.2, 0.25) is 0 Å². The number of anilines is 1. The molecule has 2 aliphatic heterocycles. The van der Waals surface area contributed by atoms with E-state index >= 15 is 4.79 Å². The number of ether oxygens (including phenoxy) is 2. The van der Waals surface area contributed by atoms with E-state index in [1.54, 1.807) is 30.1 Å². The van der Waals surface area contributed by atoms with Gasteiger partial charge in [-0.15, -0.1) is 34.4 Å². The smallest absolute Gasteiger partial charge is 0.355 e. The van der Waals surface area contributed by atoms with Gasteiger partial charge in [-0.25, -0.2) is 19.3 Å². The summed E-state index contributed by atoms with van der Waals surface area (Å²) in [4.78, 5) is 63.0. The molecule has 7 aromatic carbocycles. The standard InChI is InChI=1S/C67H53N7O6S3.HI/c1-78-55-34-32-46(33-35-55)41-79-64(77)60-48(40-73-38-36-47(37-39-73)56-43-81-45-68-56)42-82-63-59(62(76)74(60)63)70-61(75)58(72-80-67(52-26-14-5-15-27-52,53-28-16-6-17-29-53)54-30-18-7-19-31-54)57-44-83-65(69-57)71-66(49-20-8-2-9-21-49,50-22-10-3-11-23-50)51-24-12-4-13-25-51;/h2-39,43-45,59,63H,40-42H2,1H3,(H-,69,70,71,75);1H/t59-,63+;/m1./s1. The lowest BCUT2D eigenvalue weighted by Gasteiger charge is -2.49. The third-order valence-electron chi connectivity index (χ3n) is 14.7. The summed E-state index contributed by atoms with van der Waals surface area (Å²) in [7, 11) is 1.59. The molecule has 2 amide bonds. The first-order valence-corrected chi connectivity index (χ1v) is 29.7. The van der Waals surface area contributed by atoms with Gasteiger partial charge in [-0.3, -0.25) is 14.5 Å². The summed E-state index contributed by atoms with van der Waals surface area (Å²) in [5.74, 6) is -0.828. The van der Waals surface area contributed by atoms with Gasteiger partial charge in [-0.05, 0) is 34.4 Å². The molecule has 0 radical (unpaired) electrons. The zero-order valence-electron chi connectivity index (χ0n) is 45.2. The number of pyridine rings is 1. The molecule has 0 spiro atoms. The molecule has 84 heavy (non-hydrogen) atoms. The van der Waals surface area contributed by atoms with Gasteiger partial charge >= 0.3 is 5.97 Å². The average molecular weight is 1280 g/mol. The monoisotopic (exact) mass is 1280 g/mol. The van der Waals surface area contributed by atoms with Crippen LogP contribution >= 0.6 is 34.4 Å². The molecule has 10 aromatic rings. The number of thioether (sulfide) groups is 1. The highest BCUT2D eigenvalue weighted by Gasteiger charge is 2.55. The van der Waals surface area contributed by atoms with Crippen molar-refractivity contribution in [1.82, 2.24) is 20.2 Å². The van der Waals surface area contributed by atoms with E-state index in [9.17, 15) is 9.59 Å². The second-order valence-electron chi connectivity index (χ2n) is 19.7. The van der Waals surface area contributed by atoms with E-state index in [1.165, 1.54) is 39.3 Å². The molecule has 2 atom stereocenters. The Morgan fingerprint density at radius 1 is 0.690 bits per heavy atom. The molecule has 0 bridgehead atoms. The Hall–Kier alpha value is -8.75. The number of benzene rings is 7. The molecule has 1 saturated heterocycles. The number of rotatable bonds is 20. The van der Waals surface area contributed by atoms with E-state index < -0.39 is 40.3 Å². The van der Waals surface area contributed by atoms with Gasteiger partial charge in [0.25, 0.3) is 11.8 Å². The van der Waals surface area contributed by atoms with Crippen LogP contribution in [0.1, 0.15) is 44.6 Å². The van der Waals surface area contributed by atoms with Crippen molar-refractivity contribution < 1.29 is 57.2 Å². The summed E-state index contributed by atoms with van der Waals surface area (Å²) in [6, 6.07) is 69.8. The Bertz CT molecular complexity index is 3730. The number of thiazole rings is 2. The minimum Gasteiger partial charge on any atom is -1.00 e. The predicted molar refractivity (Wildman–Crippen MR) is 324 cm³/mol. The van der Waals surface area contributed by atoms with E-state index in [2.05, 4.69) is 52.0 Å². The van der Waals surface area contributed by atoms with E-state index in [0.29, 0.717) is 28.8 Å². The highest BCUT2D eigenvalue weighted by molar-refractivity contribution is 8.00. The minimum atomic E-state index is -1.38. The Kier molecular flexibility index (Phi) is 17.5. The van der Waals surface area contributed by atoms with Gasteiger partial charge in [0.15, 0.2) is 29.8 Å². The second kappa shape index (κ2) is 25.8. The number of nitrogens with zero attached hydrogens (tertiary/aromatic N) is 5. The first-order valence-electron chi connectivity index (χ1n) is 26.8. The number of esters is 1. The van der Waals surface area contributed by atoms with Crippen molar-refractivity contribution in [3.05, 3.63) is 303 Å². The molecule has 1 fully saturated rings. The molecule has 0 aliphatic carbocycles. The fourth-order valence-electron chi connectivity index (χ4n) is 10.6. The molecule has 12 rings (SSSR count). The number of β-lactam (4-membered cyclic amide) rings is 1. The second-order valence-corrected chi connectivity index (χ2v) is 22.4. The molecular formula is C67H54IN7O6S3. The van der Waals surface area contributed by atoms with Gasteiger partial charge in [-0.2, -0.15) is 0 Å². The number of nitrogens with one attached hydrogen (secondary N) is 2. The lowest BCUT2D eigenvalue weighted by atomic mass is 9.77. The highest BCUT2D eigenvalue weighted by Crippen LogP contribution is 2.44. The molecule has 5 heterocycles. The van der Waals surface area contributed by atoms with Crippen molar-refractivity contribution in [3.8, 4) is 17.0 Å². The Balaban J connectivity index is 0.00000736. The highest BCUT2D eigenvalue weighted by atomic mass is 127. The van der Waals surface area contributed by atoms with E-state index in [1.807, 2.05) is 192 Å². The number of fused-ring (bicyclic) bond motifs is 1. The first kappa shape index (κ1) is 57.1. The van der Waals surface area contributed by atoms with Crippen molar-refractivity contribution in [2.24, 2.45) is 5.16 Å². The summed E-state index contributed by atoms with van der Waals surface area (Å²) in [5, 5.41) is 15.4. The number of aromatic nitrogens is 3. The first-order chi connectivity index (χ1) is 40.8. The predicted octanol–water partition coefficient (Wildman–Crippen LogP) is 8.78. The molecule has 3 aromatic heterocycles. The zero-order chi connectivity index (χ0) is 56.6. The molecule has 2 aliphatic rings. The third kappa shape index (κ3) is 11.5. The van der Waals surface area contributed by atoms with Gasteiger partial charge in [0, 0.05) is 56.5 Å². The minimum absolute atomic E-state index is 0. The normalized spacial score (nSPS) is 15.0. The van der Waals surface area contributed by atoms with Crippen LogP contribution in [0.5, 0.6) is 5.75 Å². The average Bonchev–Trinajstić information content (AvgIpc) is 1.68. The maximum absolute atomic E-state index is 15.5. The summed E-state index contributed by atoms with van der Waals surface area (Å²) in [6.45, 7) is 0.254. The Labute approximate surface area is 515 Å². The lowest BCUT2D eigenvalue weighted by Crippen LogP contribution is -3.00. The molecule has 0 saturated carbocycles. The number of methoxy groups -OCH3 is 1. The molecule has 13 nitrogen and oxygen atoms in total. The van der Waals surface area contributed by atoms with E-state index in [-0.39, 0.29) is 47.7 Å². The van der Waals surface area contributed by atoms with Crippen molar-refractivity contribution >= 4 is 63.1 Å². The number of amides is 2. The van der Waals surface area contributed by atoms with Gasteiger partial charge in [-0.1, -0.05) is 199 Å². The maximum Gasteiger partial charge on any atom is 0.355 e. The number of carbonyl (C=O) groups excluding carboxylic acids is 3. The number of carbonyl (C=O) groups is 3. The third-order valence-corrected chi connectivity index (χ3v) is 17.4. The zero-order valence-corrected chi connectivity index (χ0v) is 49.8.